The molecule has 0 aromatic heterocycles. The van der Waals surface area contributed by atoms with Crippen molar-refractivity contribution in [3.8, 4) is 0 Å². The molecule has 0 saturated heterocycles. The van der Waals surface area contributed by atoms with Gasteiger partial charge in [0.05, 0.1) is 0 Å². The van der Waals surface area contributed by atoms with Crippen LogP contribution in [0.3, 0.4) is 0 Å². The summed E-state index contributed by atoms with van der Waals surface area (Å²) < 4.78 is 35.6. The summed E-state index contributed by atoms with van der Waals surface area (Å²) in [7, 11) is 0. The fraction of sp³-hybridized carbons (Fsp3) is 1.00. The number of nitrogens with one attached hydrogen (secondary N) is 1. The summed E-state index contributed by atoms with van der Waals surface area (Å²) in [4.78, 5) is 0. The molecule has 0 aromatic rings. The van der Waals surface area contributed by atoms with Crippen LogP contribution >= 0.6 is 0 Å². The third-order valence-electron chi connectivity index (χ3n) is 2.42. The second kappa shape index (κ2) is 8.82. The highest BCUT2D eigenvalue weighted by Crippen LogP contribution is 2.19. The molecule has 0 saturated carbocycles. The van der Waals surface area contributed by atoms with E-state index in [1.807, 2.05) is 0 Å². The van der Waals surface area contributed by atoms with Gasteiger partial charge in [-0.3, -0.25) is 0 Å². The molecule has 5 heteroatoms. The zero-order valence-corrected chi connectivity index (χ0v) is 9.82. The molecule has 0 heterocycles. The minimum atomic E-state index is -4.51. The van der Waals surface area contributed by atoms with Crippen LogP contribution in [0.15, 0.2) is 0 Å². The molecule has 98 valence electrons. The van der Waals surface area contributed by atoms with Crippen LogP contribution < -0.4 is 5.32 Å². The Morgan fingerprint density at radius 2 is 1.62 bits per heavy atom. The van der Waals surface area contributed by atoms with Gasteiger partial charge in [-0.1, -0.05) is 39.0 Å². The Labute approximate surface area is 95.2 Å². The molecule has 1 unspecified atom stereocenters. The van der Waals surface area contributed by atoms with Crippen LogP contribution in [-0.2, 0) is 0 Å². The van der Waals surface area contributed by atoms with E-state index in [4.69, 9.17) is 5.11 Å². The van der Waals surface area contributed by atoms with Gasteiger partial charge in [-0.25, -0.2) is 0 Å². The average molecular weight is 241 g/mol. The van der Waals surface area contributed by atoms with Crippen LogP contribution in [0, 0.1) is 0 Å². The highest BCUT2D eigenvalue weighted by Gasteiger charge is 2.37. The number of hydrogen-bond donors (Lipinski definition) is 2. The molecule has 0 aliphatic rings. The summed E-state index contributed by atoms with van der Waals surface area (Å²) in [6.45, 7) is 2.28. The molecule has 2 N–H and O–H groups in total. The lowest BCUT2D eigenvalue weighted by molar-refractivity contribution is -0.201. The summed E-state index contributed by atoms with van der Waals surface area (Å²) in [5, 5.41) is 11.3. The van der Waals surface area contributed by atoms with E-state index in [9.17, 15) is 13.2 Å². The summed E-state index contributed by atoms with van der Waals surface area (Å²) in [6.07, 6.45) is -0.0973. The van der Waals surface area contributed by atoms with Crippen LogP contribution in [0.2, 0.25) is 0 Å². The first-order valence-electron chi connectivity index (χ1n) is 5.94. The van der Waals surface area contributed by atoms with Crippen molar-refractivity contribution < 1.29 is 18.3 Å². The van der Waals surface area contributed by atoms with Gasteiger partial charge in [0.1, 0.15) is 0 Å². The van der Waals surface area contributed by atoms with Crippen molar-refractivity contribution in [3.05, 3.63) is 0 Å². The molecule has 0 radical (unpaired) electrons. The molecule has 16 heavy (non-hydrogen) atoms. The minimum absolute atomic E-state index is 0.404. The second-order valence-electron chi connectivity index (χ2n) is 4.03. The van der Waals surface area contributed by atoms with Crippen molar-refractivity contribution in [2.75, 3.05) is 13.1 Å². The maximum Gasteiger partial charge on any atom is 0.415 e. The second-order valence-corrected chi connectivity index (χ2v) is 4.03. The molecular weight excluding hydrogens is 219 g/mol. The van der Waals surface area contributed by atoms with Crippen molar-refractivity contribution in [2.24, 2.45) is 0 Å². The van der Waals surface area contributed by atoms with Crippen LogP contribution in [-0.4, -0.2) is 30.5 Å². The summed E-state index contributed by atoms with van der Waals surface area (Å²) in [5.41, 5.74) is 0. The quantitative estimate of drug-likeness (QED) is 0.608. The van der Waals surface area contributed by atoms with Gasteiger partial charge in [0, 0.05) is 6.54 Å². The van der Waals surface area contributed by atoms with Crippen molar-refractivity contribution in [2.45, 2.75) is 57.7 Å². The van der Waals surface area contributed by atoms with E-state index in [1.165, 1.54) is 19.3 Å². The average Bonchev–Trinajstić information content (AvgIpc) is 2.20. The molecular formula is C11H22F3NO. The fourth-order valence-corrected chi connectivity index (χ4v) is 1.38. The van der Waals surface area contributed by atoms with E-state index in [2.05, 4.69) is 12.2 Å². The number of halogens is 3. The van der Waals surface area contributed by atoms with Crippen LogP contribution in [0.1, 0.15) is 45.4 Å². The van der Waals surface area contributed by atoms with Crippen LogP contribution in [0.4, 0.5) is 13.2 Å². The summed E-state index contributed by atoms with van der Waals surface area (Å²) in [6, 6.07) is 0. The Hall–Kier alpha value is -0.290. The van der Waals surface area contributed by atoms with Gasteiger partial charge in [0.2, 0.25) is 0 Å². The Bertz CT molecular complexity index is 162. The molecule has 0 aliphatic heterocycles. The maximum atomic E-state index is 11.9. The number of alkyl halides is 3. The van der Waals surface area contributed by atoms with Gasteiger partial charge < -0.3 is 10.4 Å². The van der Waals surface area contributed by atoms with Gasteiger partial charge in [0.25, 0.3) is 0 Å². The summed E-state index contributed by atoms with van der Waals surface area (Å²) in [5.74, 6) is 0. The number of unbranched alkanes of at least 4 members (excludes halogenated alkanes) is 5. The normalized spacial score (nSPS) is 14.1. The van der Waals surface area contributed by atoms with Gasteiger partial charge >= 0.3 is 6.18 Å². The zero-order valence-electron chi connectivity index (χ0n) is 9.82. The molecule has 2 nitrogen and oxygen atoms in total. The zero-order chi connectivity index (χ0) is 12.4. The van der Waals surface area contributed by atoms with E-state index < -0.39 is 18.8 Å². The van der Waals surface area contributed by atoms with Crippen LogP contribution in [0.25, 0.3) is 0 Å². The van der Waals surface area contributed by atoms with Gasteiger partial charge in [-0.15, -0.1) is 0 Å². The number of aliphatic hydroxyl groups excluding tert-OH is 1. The van der Waals surface area contributed by atoms with E-state index in [0.717, 1.165) is 19.3 Å². The lowest BCUT2D eigenvalue weighted by Crippen LogP contribution is -2.38. The topological polar surface area (TPSA) is 32.3 Å². The Kier molecular flexibility index (Phi) is 8.66. The SMILES string of the molecule is CCCCCCCCNCC(O)C(F)(F)F. The van der Waals surface area contributed by atoms with Crippen molar-refractivity contribution >= 4 is 0 Å². The Morgan fingerprint density at radius 1 is 1.06 bits per heavy atom. The number of aliphatic hydroxyl groups is 1. The van der Waals surface area contributed by atoms with E-state index in [-0.39, 0.29) is 0 Å². The van der Waals surface area contributed by atoms with Crippen LogP contribution in [0.5, 0.6) is 0 Å². The Morgan fingerprint density at radius 3 is 2.19 bits per heavy atom. The molecule has 0 fully saturated rings. The fourth-order valence-electron chi connectivity index (χ4n) is 1.38. The molecule has 0 amide bonds. The first-order valence-corrected chi connectivity index (χ1v) is 5.94. The lowest BCUT2D eigenvalue weighted by atomic mass is 10.1. The molecule has 0 aromatic carbocycles. The molecule has 1 atom stereocenters. The maximum absolute atomic E-state index is 11.9. The predicted molar refractivity (Wildman–Crippen MR) is 58.3 cm³/mol. The number of rotatable bonds is 9. The first-order chi connectivity index (χ1) is 7.48. The third kappa shape index (κ3) is 8.97. The number of hydrogen-bond acceptors (Lipinski definition) is 2. The van der Waals surface area contributed by atoms with E-state index in [0.29, 0.717) is 6.54 Å². The standard InChI is InChI=1S/C11H22F3NO/c1-2-3-4-5-6-7-8-15-9-10(16)11(12,13)14/h10,15-16H,2-9H2,1H3. The highest BCUT2D eigenvalue weighted by molar-refractivity contribution is 4.67. The smallest absolute Gasteiger partial charge is 0.382 e. The molecule has 0 rings (SSSR count). The summed E-state index contributed by atoms with van der Waals surface area (Å²) >= 11 is 0. The first kappa shape index (κ1) is 15.7. The van der Waals surface area contributed by atoms with Crippen molar-refractivity contribution in [3.63, 3.8) is 0 Å². The van der Waals surface area contributed by atoms with Gasteiger partial charge in [-0.2, -0.15) is 13.2 Å². The monoisotopic (exact) mass is 241 g/mol. The largest absolute Gasteiger partial charge is 0.415 e. The molecule has 0 bridgehead atoms. The van der Waals surface area contributed by atoms with Gasteiger partial charge in [0.15, 0.2) is 6.10 Å². The Balaban J connectivity index is 3.21. The van der Waals surface area contributed by atoms with Crippen molar-refractivity contribution in [1.29, 1.82) is 0 Å². The lowest BCUT2D eigenvalue weighted by Gasteiger charge is -2.14. The molecule has 0 spiro atoms. The minimum Gasteiger partial charge on any atom is -0.382 e. The predicted octanol–water partition coefficient (Wildman–Crippen LogP) is 2.86. The van der Waals surface area contributed by atoms with Gasteiger partial charge in [-0.05, 0) is 13.0 Å². The van der Waals surface area contributed by atoms with Crippen molar-refractivity contribution in [1.82, 2.24) is 5.32 Å². The van der Waals surface area contributed by atoms with E-state index in [1.54, 1.807) is 0 Å². The molecule has 0 aliphatic carbocycles. The third-order valence-corrected chi connectivity index (χ3v) is 2.42. The van der Waals surface area contributed by atoms with E-state index >= 15 is 0 Å². The highest BCUT2D eigenvalue weighted by atomic mass is 19.4.